The molecule has 1 N–H and O–H groups in total. The third-order valence-corrected chi connectivity index (χ3v) is 4.58. The lowest BCUT2D eigenvalue weighted by Gasteiger charge is -2.05. The molecule has 1 aromatic carbocycles. The molecule has 2 heterocycles. The van der Waals surface area contributed by atoms with Gasteiger partial charge >= 0.3 is 0 Å². The second-order valence-corrected chi connectivity index (χ2v) is 5.81. The Hall–Kier alpha value is -1.59. The third kappa shape index (κ3) is 2.19. The predicted octanol–water partition coefficient (Wildman–Crippen LogP) is 4.13. The summed E-state index contributed by atoms with van der Waals surface area (Å²) in [4.78, 5) is 4.57. The van der Waals surface area contributed by atoms with Crippen molar-refractivity contribution in [3.63, 3.8) is 0 Å². The molecule has 2 aromatic heterocycles. The molecule has 0 radical (unpaired) electrons. The van der Waals surface area contributed by atoms with Gasteiger partial charge in [-0.1, -0.05) is 0 Å². The molecular weight excluding hydrogens is 276 g/mol. The first-order valence-electron chi connectivity index (χ1n) is 5.98. The van der Waals surface area contributed by atoms with Crippen LogP contribution < -0.4 is 4.74 Å². The van der Waals surface area contributed by atoms with Gasteiger partial charge in [0.15, 0.2) is 4.77 Å². The fourth-order valence-corrected chi connectivity index (χ4v) is 3.29. The number of thiophene rings is 1. The highest BCUT2D eigenvalue weighted by Gasteiger charge is 2.08. The summed E-state index contributed by atoms with van der Waals surface area (Å²) in [6.07, 6.45) is 0. The summed E-state index contributed by atoms with van der Waals surface area (Å²) in [5, 5.41) is 2.11. The van der Waals surface area contributed by atoms with Crippen molar-refractivity contribution in [1.29, 1.82) is 0 Å². The van der Waals surface area contributed by atoms with Crippen LogP contribution in [0, 0.1) is 11.7 Å². The van der Waals surface area contributed by atoms with Crippen molar-refractivity contribution in [2.24, 2.45) is 0 Å². The minimum absolute atomic E-state index is 0.746. The smallest absolute Gasteiger partial charge is 0.178 e. The molecule has 0 saturated heterocycles. The highest BCUT2D eigenvalue weighted by atomic mass is 32.1. The fourth-order valence-electron chi connectivity index (χ4n) is 2.13. The van der Waals surface area contributed by atoms with Crippen LogP contribution in [0.15, 0.2) is 29.6 Å². The van der Waals surface area contributed by atoms with Crippen LogP contribution in [0.25, 0.3) is 11.0 Å². The number of hydrogen-bond acceptors (Lipinski definition) is 3. The van der Waals surface area contributed by atoms with Gasteiger partial charge in [-0.15, -0.1) is 11.3 Å². The van der Waals surface area contributed by atoms with E-state index in [4.69, 9.17) is 17.0 Å². The summed E-state index contributed by atoms with van der Waals surface area (Å²) < 4.78 is 8.15. The summed E-state index contributed by atoms with van der Waals surface area (Å²) in [5.41, 5.74) is 3.43. The van der Waals surface area contributed by atoms with E-state index in [2.05, 4.69) is 27.9 Å². The van der Waals surface area contributed by atoms with Crippen LogP contribution in [0.4, 0.5) is 0 Å². The number of fused-ring (bicyclic) bond motifs is 1. The maximum absolute atomic E-state index is 5.42. The SMILES string of the molecule is COc1ccc2[nH]c(=S)n(Cc3sccc3C)c2c1. The molecule has 0 atom stereocenters. The number of aryl methyl sites for hydroxylation is 1. The number of benzene rings is 1. The van der Waals surface area contributed by atoms with Crippen LogP contribution in [0.1, 0.15) is 10.4 Å². The standard InChI is InChI=1S/C14H14N2OS2/c1-9-5-6-19-13(9)8-16-12-7-10(17-2)3-4-11(12)15-14(16)18/h3-7H,8H2,1-2H3,(H,15,18). The summed E-state index contributed by atoms with van der Waals surface area (Å²) in [6, 6.07) is 8.10. The van der Waals surface area contributed by atoms with Gasteiger partial charge in [0.2, 0.25) is 0 Å². The van der Waals surface area contributed by atoms with Crippen molar-refractivity contribution in [3.8, 4) is 5.75 Å². The first-order valence-corrected chi connectivity index (χ1v) is 7.27. The van der Waals surface area contributed by atoms with Gasteiger partial charge in [0, 0.05) is 10.9 Å². The molecule has 3 aromatic rings. The molecule has 0 amide bonds. The van der Waals surface area contributed by atoms with Crippen LogP contribution in [-0.4, -0.2) is 16.7 Å². The van der Waals surface area contributed by atoms with Crippen LogP contribution in [0.5, 0.6) is 5.75 Å². The van der Waals surface area contributed by atoms with E-state index in [1.54, 1.807) is 18.4 Å². The van der Waals surface area contributed by atoms with Crippen LogP contribution in [0.3, 0.4) is 0 Å². The second-order valence-electron chi connectivity index (χ2n) is 4.43. The lowest BCUT2D eigenvalue weighted by Crippen LogP contribution is -1.99. The number of ether oxygens (including phenoxy) is 1. The number of hydrogen-bond donors (Lipinski definition) is 1. The minimum atomic E-state index is 0.746. The summed E-state index contributed by atoms with van der Waals surface area (Å²) >= 11 is 7.18. The Bertz CT molecular complexity index is 782. The maximum Gasteiger partial charge on any atom is 0.178 e. The summed E-state index contributed by atoms with van der Waals surface area (Å²) in [6.45, 7) is 2.93. The maximum atomic E-state index is 5.42. The molecule has 0 saturated carbocycles. The zero-order valence-corrected chi connectivity index (χ0v) is 12.4. The first kappa shape index (κ1) is 12.4. The van der Waals surface area contributed by atoms with E-state index in [0.717, 1.165) is 28.1 Å². The number of nitrogens with zero attached hydrogens (tertiary/aromatic N) is 1. The van der Waals surface area contributed by atoms with Crippen LogP contribution in [-0.2, 0) is 6.54 Å². The molecule has 0 bridgehead atoms. The van der Waals surface area contributed by atoms with Gasteiger partial charge in [-0.05, 0) is 48.3 Å². The van der Waals surface area contributed by atoms with Crippen molar-refractivity contribution in [1.82, 2.24) is 9.55 Å². The van der Waals surface area contributed by atoms with Crippen molar-refractivity contribution in [2.45, 2.75) is 13.5 Å². The molecule has 5 heteroatoms. The zero-order chi connectivity index (χ0) is 13.4. The molecule has 0 unspecified atom stereocenters. The Kier molecular flexibility index (Phi) is 3.16. The molecule has 0 aliphatic heterocycles. The first-order chi connectivity index (χ1) is 9.19. The molecule has 3 rings (SSSR count). The zero-order valence-electron chi connectivity index (χ0n) is 10.8. The van der Waals surface area contributed by atoms with Crippen LogP contribution in [0.2, 0.25) is 0 Å². The van der Waals surface area contributed by atoms with Gasteiger partial charge in [-0.3, -0.25) is 0 Å². The van der Waals surface area contributed by atoms with E-state index in [9.17, 15) is 0 Å². The predicted molar refractivity (Wildman–Crippen MR) is 81.8 cm³/mol. The van der Waals surface area contributed by atoms with E-state index in [1.807, 2.05) is 18.2 Å². The van der Waals surface area contributed by atoms with E-state index < -0.39 is 0 Å². The van der Waals surface area contributed by atoms with Crippen molar-refractivity contribution >= 4 is 34.6 Å². The quantitative estimate of drug-likeness (QED) is 0.735. The molecular formula is C14H14N2OS2. The average molecular weight is 290 g/mol. The Morgan fingerprint density at radius 3 is 2.89 bits per heavy atom. The number of nitrogens with one attached hydrogen (secondary N) is 1. The summed E-state index contributed by atoms with van der Waals surface area (Å²) in [5.74, 6) is 0.846. The number of H-pyrrole nitrogens is 1. The molecule has 19 heavy (non-hydrogen) atoms. The van der Waals surface area contributed by atoms with Crippen molar-refractivity contribution in [2.75, 3.05) is 7.11 Å². The lowest BCUT2D eigenvalue weighted by molar-refractivity contribution is 0.415. The minimum Gasteiger partial charge on any atom is -0.497 e. The lowest BCUT2D eigenvalue weighted by atomic mass is 10.2. The molecule has 0 spiro atoms. The topological polar surface area (TPSA) is 29.9 Å². The summed E-state index contributed by atoms with van der Waals surface area (Å²) in [7, 11) is 1.68. The number of methoxy groups -OCH3 is 1. The fraction of sp³-hybridized carbons (Fsp3) is 0.214. The van der Waals surface area contributed by atoms with Gasteiger partial charge in [-0.2, -0.15) is 0 Å². The van der Waals surface area contributed by atoms with Gasteiger partial charge in [0.05, 0.1) is 24.7 Å². The number of imidazole rings is 1. The monoisotopic (exact) mass is 290 g/mol. The molecule has 0 fully saturated rings. The highest BCUT2D eigenvalue weighted by Crippen LogP contribution is 2.24. The Morgan fingerprint density at radius 1 is 1.37 bits per heavy atom. The van der Waals surface area contributed by atoms with E-state index in [0.29, 0.717) is 0 Å². The number of rotatable bonds is 3. The largest absolute Gasteiger partial charge is 0.497 e. The molecule has 3 nitrogen and oxygen atoms in total. The molecule has 0 aliphatic rings. The van der Waals surface area contributed by atoms with Gasteiger partial charge in [-0.25, -0.2) is 0 Å². The Labute approximate surface area is 120 Å². The Balaban J connectivity index is 2.14. The number of aromatic amines is 1. The normalized spacial score (nSPS) is 11.1. The molecule has 0 aliphatic carbocycles. The van der Waals surface area contributed by atoms with E-state index in [-0.39, 0.29) is 0 Å². The van der Waals surface area contributed by atoms with Gasteiger partial charge < -0.3 is 14.3 Å². The number of aromatic nitrogens is 2. The van der Waals surface area contributed by atoms with E-state index >= 15 is 0 Å². The van der Waals surface area contributed by atoms with Crippen LogP contribution >= 0.6 is 23.6 Å². The Morgan fingerprint density at radius 2 is 2.21 bits per heavy atom. The average Bonchev–Trinajstić information content (AvgIpc) is 2.94. The van der Waals surface area contributed by atoms with Gasteiger partial charge in [0.1, 0.15) is 5.75 Å². The van der Waals surface area contributed by atoms with Gasteiger partial charge in [0.25, 0.3) is 0 Å². The van der Waals surface area contributed by atoms with Crippen molar-refractivity contribution < 1.29 is 4.74 Å². The highest BCUT2D eigenvalue weighted by molar-refractivity contribution is 7.71. The van der Waals surface area contributed by atoms with E-state index in [1.165, 1.54) is 10.4 Å². The molecule has 98 valence electrons. The van der Waals surface area contributed by atoms with Crippen molar-refractivity contribution in [3.05, 3.63) is 44.9 Å². The second kappa shape index (κ2) is 4.83. The third-order valence-electron chi connectivity index (χ3n) is 3.25.